The third kappa shape index (κ3) is 4.68. The number of rotatable bonds is 4. The summed E-state index contributed by atoms with van der Waals surface area (Å²) >= 11 is 3.46. The largest absolute Gasteiger partial charge is 0.379 e. The third-order valence-electron chi connectivity index (χ3n) is 3.20. The second-order valence-electron chi connectivity index (χ2n) is 6.03. The highest BCUT2D eigenvalue weighted by atomic mass is 79.9. The summed E-state index contributed by atoms with van der Waals surface area (Å²) in [5.74, 6) is 1.73. The van der Waals surface area contributed by atoms with Gasteiger partial charge in [0.25, 0.3) is 0 Å². The first-order valence-electron chi connectivity index (χ1n) is 7.04. The minimum Gasteiger partial charge on any atom is -0.379 e. The molecule has 5 nitrogen and oxygen atoms in total. The van der Waals surface area contributed by atoms with Gasteiger partial charge in [-0.2, -0.15) is 0 Å². The lowest BCUT2D eigenvalue weighted by Crippen LogP contribution is -2.39. The van der Waals surface area contributed by atoms with E-state index < -0.39 is 0 Å². The Hall–Kier alpha value is -0.720. The second kappa shape index (κ2) is 6.83. The van der Waals surface area contributed by atoms with Crippen molar-refractivity contribution < 1.29 is 4.74 Å². The zero-order valence-corrected chi connectivity index (χ0v) is 14.0. The Bertz CT molecular complexity index is 441. The smallest absolute Gasteiger partial charge is 0.137 e. The zero-order valence-electron chi connectivity index (χ0n) is 12.4. The first-order chi connectivity index (χ1) is 9.45. The summed E-state index contributed by atoms with van der Waals surface area (Å²) in [5, 5.41) is 3.38. The monoisotopic (exact) mass is 342 g/mol. The van der Waals surface area contributed by atoms with E-state index in [-0.39, 0.29) is 5.41 Å². The Kier molecular flexibility index (Phi) is 5.35. The molecular formula is C14H23BrN4O. The van der Waals surface area contributed by atoms with E-state index in [4.69, 9.17) is 4.74 Å². The number of aromatic nitrogens is 2. The quantitative estimate of drug-likeness (QED) is 0.850. The van der Waals surface area contributed by atoms with Crippen LogP contribution >= 0.6 is 15.9 Å². The van der Waals surface area contributed by atoms with Crippen molar-refractivity contribution in [1.82, 2.24) is 14.9 Å². The number of nitrogens with one attached hydrogen (secondary N) is 1. The predicted molar refractivity (Wildman–Crippen MR) is 84.2 cm³/mol. The lowest BCUT2D eigenvalue weighted by atomic mass is 9.96. The minimum absolute atomic E-state index is 0.0512. The summed E-state index contributed by atoms with van der Waals surface area (Å²) < 4.78 is 6.17. The maximum Gasteiger partial charge on any atom is 0.137 e. The van der Waals surface area contributed by atoms with Gasteiger partial charge in [0.1, 0.15) is 16.2 Å². The molecule has 1 aliphatic rings. The maximum atomic E-state index is 5.34. The Morgan fingerprint density at radius 2 is 2.00 bits per heavy atom. The summed E-state index contributed by atoms with van der Waals surface area (Å²) in [5.41, 5.74) is -0.0512. The topological polar surface area (TPSA) is 50.3 Å². The predicted octanol–water partition coefficient (Wildman–Crippen LogP) is 2.28. The van der Waals surface area contributed by atoms with Crippen LogP contribution in [-0.4, -0.2) is 54.3 Å². The SMILES string of the molecule is CC(C)(C)c1nc(Br)cc(NCCN2CCOCC2)n1. The van der Waals surface area contributed by atoms with E-state index in [0.29, 0.717) is 0 Å². The van der Waals surface area contributed by atoms with Crippen molar-refractivity contribution in [3.63, 3.8) is 0 Å². The van der Waals surface area contributed by atoms with Gasteiger partial charge in [-0.15, -0.1) is 0 Å². The average molecular weight is 343 g/mol. The van der Waals surface area contributed by atoms with Crippen LogP contribution in [0.5, 0.6) is 0 Å². The highest BCUT2D eigenvalue weighted by Gasteiger charge is 2.18. The van der Waals surface area contributed by atoms with Gasteiger partial charge in [0.2, 0.25) is 0 Å². The molecule has 2 rings (SSSR count). The van der Waals surface area contributed by atoms with E-state index in [1.165, 1.54) is 0 Å². The van der Waals surface area contributed by atoms with Gasteiger partial charge >= 0.3 is 0 Å². The number of hydrogen-bond acceptors (Lipinski definition) is 5. The van der Waals surface area contributed by atoms with Crippen LogP contribution in [0.1, 0.15) is 26.6 Å². The molecule has 1 N–H and O–H groups in total. The van der Waals surface area contributed by atoms with Crippen LogP contribution in [-0.2, 0) is 10.2 Å². The van der Waals surface area contributed by atoms with Gasteiger partial charge < -0.3 is 10.1 Å². The normalized spacial score (nSPS) is 17.2. The standard InChI is InChI=1S/C14H23BrN4O/c1-14(2,3)13-17-11(15)10-12(18-13)16-4-5-19-6-8-20-9-7-19/h10H,4-9H2,1-3H3,(H,16,17,18). The molecule has 1 aromatic heterocycles. The molecule has 1 aliphatic heterocycles. The molecule has 0 atom stereocenters. The number of anilines is 1. The molecule has 6 heteroatoms. The van der Waals surface area contributed by atoms with Crippen LogP contribution in [0, 0.1) is 0 Å². The lowest BCUT2D eigenvalue weighted by Gasteiger charge is -2.26. The molecule has 0 aromatic carbocycles. The molecule has 2 heterocycles. The molecule has 1 fully saturated rings. The molecule has 0 spiro atoms. The maximum absolute atomic E-state index is 5.34. The van der Waals surface area contributed by atoms with Crippen molar-refractivity contribution in [2.45, 2.75) is 26.2 Å². The Balaban J connectivity index is 1.90. The van der Waals surface area contributed by atoms with Crippen LogP contribution in [0.15, 0.2) is 10.7 Å². The van der Waals surface area contributed by atoms with Crippen molar-refractivity contribution in [2.75, 3.05) is 44.7 Å². The van der Waals surface area contributed by atoms with Crippen LogP contribution < -0.4 is 5.32 Å². The van der Waals surface area contributed by atoms with Gasteiger partial charge in [-0.3, -0.25) is 4.90 Å². The fourth-order valence-corrected chi connectivity index (χ4v) is 2.40. The summed E-state index contributed by atoms with van der Waals surface area (Å²) in [7, 11) is 0. The Labute approximate surface area is 129 Å². The first-order valence-corrected chi connectivity index (χ1v) is 7.83. The fourth-order valence-electron chi connectivity index (χ4n) is 2.01. The summed E-state index contributed by atoms with van der Waals surface area (Å²) in [4.78, 5) is 11.4. The molecule has 0 amide bonds. The fraction of sp³-hybridized carbons (Fsp3) is 0.714. The van der Waals surface area contributed by atoms with Crippen LogP contribution in [0.2, 0.25) is 0 Å². The molecule has 0 radical (unpaired) electrons. The summed E-state index contributed by atoms with van der Waals surface area (Å²) in [6, 6.07) is 1.93. The average Bonchev–Trinajstić information content (AvgIpc) is 2.38. The van der Waals surface area contributed by atoms with E-state index >= 15 is 0 Å². The number of halogens is 1. The van der Waals surface area contributed by atoms with Crippen molar-refractivity contribution in [1.29, 1.82) is 0 Å². The minimum atomic E-state index is -0.0512. The van der Waals surface area contributed by atoms with Gasteiger partial charge in [-0.25, -0.2) is 9.97 Å². The van der Waals surface area contributed by atoms with Gasteiger partial charge in [-0.05, 0) is 15.9 Å². The van der Waals surface area contributed by atoms with Gasteiger partial charge in [0.15, 0.2) is 0 Å². The third-order valence-corrected chi connectivity index (χ3v) is 3.61. The van der Waals surface area contributed by atoms with Crippen molar-refractivity contribution in [3.05, 3.63) is 16.5 Å². The van der Waals surface area contributed by atoms with Crippen molar-refractivity contribution >= 4 is 21.7 Å². The first kappa shape index (κ1) is 15.7. The lowest BCUT2D eigenvalue weighted by molar-refractivity contribution is 0.0398. The Morgan fingerprint density at radius 3 is 2.65 bits per heavy atom. The van der Waals surface area contributed by atoms with E-state index in [9.17, 15) is 0 Å². The van der Waals surface area contributed by atoms with Crippen LogP contribution in [0.25, 0.3) is 0 Å². The zero-order chi connectivity index (χ0) is 14.6. The number of nitrogens with zero attached hydrogens (tertiary/aromatic N) is 3. The molecule has 0 saturated carbocycles. The van der Waals surface area contributed by atoms with Gasteiger partial charge in [0, 0.05) is 37.7 Å². The summed E-state index contributed by atoms with van der Waals surface area (Å²) in [6.45, 7) is 12.0. The molecular weight excluding hydrogens is 320 g/mol. The molecule has 112 valence electrons. The van der Waals surface area contributed by atoms with Crippen molar-refractivity contribution in [3.8, 4) is 0 Å². The molecule has 1 aromatic rings. The highest BCUT2D eigenvalue weighted by Crippen LogP contribution is 2.22. The molecule has 0 bridgehead atoms. The van der Waals surface area contributed by atoms with E-state index in [1.807, 2.05) is 6.07 Å². The van der Waals surface area contributed by atoms with E-state index in [0.717, 1.165) is 55.6 Å². The van der Waals surface area contributed by atoms with Gasteiger partial charge in [0.05, 0.1) is 13.2 Å². The number of morpholine rings is 1. The molecule has 0 aliphatic carbocycles. The molecule has 20 heavy (non-hydrogen) atoms. The second-order valence-corrected chi connectivity index (χ2v) is 6.84. The van der Waals surface area contributed by atoms with E-state index in [2.05, 4.69) is 56.9 Å². The van der Waals surface area contributed by atoms with Crippen LogP contribution in [0.4, 0.5) is 5.82 Å². The summed E-state index contributed by atoms with van der Waals surface area (Å²) in [6.07, 6.45) is 0. The molecule has 1 saturated heterocycles. The van der Waals surface area contributed by atoms with E-state index in [1.54, 1.807) is 0 Å². The molecule has 0 unspecified atom stereocenters. The Morgan fingerprint density at radius 1 is 1.30 bits per heavy atom. The van der Waals surface area contributed by atoms with Crippen LogP contribution in [0.3, 0.4) is 0 Å². The van der Waals surface area contributed by atoms with Crippen molar-refractivity contribution in [2.24, 2.45) is 0 Å². The number of ether oxygens (including phenoxy) is 1. The van der Waals surface area contributed by atoms with Gasteiger partial charge in [-0.1, -0.05) is 20.8 Å². The number of hydrogen-bond donors (Lipinski definition) is 1. The highest BCUT2D eigenvalue weighted by molar-refractivity contribution is 9.10.